The van der Waals surface area contributed by atoms with Crippen LogP contribution in [0.15, 0.2) is 0 Å². The Bertz CT molecular complexity index is 271. The van der Waals surface area contributed by atoms with E-state index in [4.69, 9.17) is 4.74 Å². The van der Waals surface area contributed by atoms with E-state index in [1.165, 1.54) is 0 Å². The Morgan fingerprint density at radius 1 is 1.44 bits per heavy atom. The van der Waals surface area contributed by atoms with Crippen molar-refractivity contribution < 1.29 is 9.53 Å². The first-order valence-electron chi connectivity index (χ1n) is 7.09. The molecule has 1 aliphatic rings. The minimum absolute atomic E-state index is 0.171. The van der Waals surface area contributed by atoms with Crippen molar-refractivity contribution >= 4 is 5.91 Å². The molecule has 0 aromatic rings. The Hall–Kier alpha value is -0.610. The molecule has 0 spiro atoms. The molecule has 18 heavy (non-hydrogen) atoms. The monoisotopic (exact) mass is 256 g/mol. The van der Waals surface area contributed by atoms with Crippen LogP contribution in [0.1, 0.15) is 47.0 Å². The van der Waals surface area contributed by atoms with Crippen LogP contribution in [0.5, 0.6) is 0 Å². The molecule has 0 saturated carbocycles. The van der Waals surface area contributed by atoms with Crippen LogP contribution < -0.4 is 10.6 Å². The first-order valence-corrected chi connectivity index (χ1v) is 7.09. The van der Waals surface area contributed by atoms with Gasteiger partial charge in [0.1, 0.15) is 0 Å². The van der Waals surface area contributed by atoms with E-state index in [9.17, 15) is 4.79 Å². The lowest BCUT2D eigenvalue weighted by Gasteiger charge is -2.36. The zero-order chi connectivity index (χ0) is 13.6. The van der Waals surface area contributed by atoms with Crippen LogP contribution in [-0.4, -0.2) is 37.7 Å². The highest BCUT2D eigenvalue weighted by atomic mass is 16.5. The maximum atomic E-state index is 12.4. The first kappa shape index (κ1) is 15.4. The molecule has 1 amide bonds. The number of rotatable bonds is 6. The molecule has 0 aromatic carbocycles. The Balaban J connectivity index is 2.52. The summed E-state index contributed by atoms with van der Waals surface area (Å²) in [6.45, 7) is 11.2. The van der Waals surface area contributed by atoms with E-state index in [0.29, 0.717) is 13.2 Å². The number of nitrogens with one attached hydrogen (secondary N) is 2. The standard InChI is InChI=1S/C14H28N2O2/c1-5-14(8-7-9-15-11-14)12(17)16-10-13(3,4)18-6-2/h15H,5-11H2,1-4H3,(H,16,17). The molecule has 0 aromatic heterocycles. The summed E-state index contributed by atoms with van der Waals surface area (Å²) in [6.07, 6.45) is 2.95. The van der Waals surface area contributed by atoms with Crippen LogP contribution in [0.25, 0.3) is 0 Å². The summed E-state index contributed by atoms with van der Waals surface area (Å²) in [5.41, 5.74) is -0.512. The van der Waals surface area contributed by atoms with Crippen LogP contribution in [0.4, 0.5) is 0 Å². The van der Waals surface area contributed by atoms with E-state index in [-0.39, 0.29) is 16.9 Å². The summed E-state index contributed by atoms with van der Waals surface area (Å²) in [6, 6.07) is 0. The number of ether oxygens (including phenoxy) is 1. The predicted molar refractivity (Wildman–Crippen MR) is 73.5 cm³/mol. The summed E-state index contributed by atoms with van der Waals surface area (Å²) in [5.74, 6) is 0.171. The maximum absolute atomic E-state index is 12.4. The summed E-state index contributed by atoms with van der Waals surface area (Å²) < 4.78 is 5.60. The second kappa shape index (κ2) is 6.53. The van der Waals surface area contributed by atoms with Crippen molar-refractivity contribution in [3.05, 3.63) is 0 Å². The Labute approximate surface area is 111 Å². The highest BCUT2D eigenvalue weighted by Gasteiger charge is 2.38. The molecule has 1 rings (SSSR count). The van der Waals surface area contributed by atoms with Gasteiger partial charge in [0.15, 0.2) is 0 Å². The third-order valence-electron chi connectivity index (χ3n) is 3.84. The highest BCUT2D eigenvalue weighted by molar-refractivity contribution is 5.83. The maximum Gasteiger partial charge on any atom is 0.227 e. The molecule has 2 N–H and O–H groups in total. The smallest absolute Gasteiger partial charge is 0.227 e. The molecular formula is C14H28N2O2. The summed E-state index contributed by atoms with van der Waals surface area (Å²) in [4.78, 5) is 12.4. The zero-order valence-corrected chi connectivity index (χ0v) is 12.3. The second-order valence-electron chi connectivity index (χ2n) is 5.79. The summed E-state index contributed by atoms with van der Waals surface area (Å²) in [5, 5.41) is 6.40. The molecule has 1 unspecified atom stereocenters. The third-order valence-corrected chi connectivity index (χ3v) is 3.84. The van der Waals surface area contributed by atoms with Gasteiger partial charge < -0.3 is 15.4 Å². The van der Waals surface area contributed by atoms with Gasteiger partial charge in [-0.1, -0.05) is 6.92 Å². The zero-order valence-electron chi connectivity index (χ0n) is 12.3. The van der Waals surface area contributed by atoms with Gasteiger partial charge in [-0.25, -0.2) is 0 Å². The molecule has 0 radical (unpaired) electrons. The molecule has 4 nitrogen and oxygen atoms in total. The Morgan fingerprint density at radius 2 is 2.17 bits per heavy atom. The van der Waals surface area contributed by atoms with Gasteiger partial charge in [-0.2, -0.15) is 0 Å². The normalized spacial score (nSPS) is 24.9. The van der Waals surface area contributed by atoms with E-state index in [2.05, 4.69) is 17.6 Å². The average molecular weight is 256 g/mol. The molecule has 1 saturated heterocycles. The lowest BCUT2D eigenvalue weighted by molar-refractivity contribution is -0.134. The molecule has 106 valence electrons. The highest BCUT2D eigenvalue weighted by Crippen LogP contribution is 2.30. The van der Waals surface area contributed by atoms with Crippen LogP contribution in [-0.2, 0) is 9.53 Å². The lowest BCUT2D eigenvalue weighted by atomic mass is 9.77. The number of piperidine rings is 1. The molecule has 4 heteroatoms. The van der Waals surface area contributed by atoms with Crippen molar-refractivity contribution in [1.82, 2.24) is 10.6 Å². The Kier molecular flexibility index (Phi) is 5.60. The molecule has 1 heterocycles. The van der Waals surface area contributed by atoms with Gasteiger partial charge in [-0.3, -0.25) is 4.79 Å². The number of carbonyl (C=O) groups is 1. The van der Waals surface area contributed by atoms with Gasteiger partial charge in [0.2, 0.25) is 5.91 Å². The lowest BCUT2D eigenvalue weighted by Crippen LogP contribution is -2.52. The molecule has 1 atom stereocenters. The van der Waals surface area contributed by atoms with Gasteiger partial charge in [0.25, 0.3) is 0 Å². The quantitative estimate of drug-likeness (QED) is 0.760. The van der Waals surface area contributed by atoms with E-state index in [0.717, 1.165) is 32.4 Å². The van der Waals surface area contributed by atoms with Crippen molar-refractivity contribution in [2.75, 3.05) is 26.2 Å². The molecule has 1 fully saturated rings. The molecular weight excluding hydrogens is 228 g/mol. The topological polar surface area (TPSA) is 50.4 Å². The Morgan fingerprint density at radius 3 is 2.67 bits per heavy atom. The van der Waals surface area contributed by atoms with Gasteiger partial charge in [-0.05, 0) is 46.6 Å². The SMILES string of the molecule is CCOC(C)(C)CNC(=O)C1(CC)CCCNC1. The fourth-order valence-electron chi connectivity index (χ4n) is 2.55. The van der Waals surface area contributed by atoms with Crippen LogP contribution in [0, 0.1) is 5.41 Å². The van der Waals surface area contributed by atoms with Crippen molar-refractivity contribution in [1.29, 1.82) is 0 Å². The summed E-state index contributed by atoms with van der Waals surface area (Å²) in [7, 11) is 0. The minimum Gasteiger partial charge on any atom is -0.374 e. The first-order chi connectivity index (χ1) is 8.46. The van der Waals surface area contributed by atoms with Gasteiger partial charge in [0, 0.05) is 19.7 Å². The molecule has 0 aliphatic carbocycles. The van der Waals surface area contributed by atoms with Crippen molar-refractivity contribution in [2.24, 2.45) is 5.41 Å². The van der Waals surface area contributed by atoms with E-state index in [1.54, 1.807) is 0 Å². The summed E-state index contributed by atoms with van der Waals surface area (Å²) >= 11 is 0. The number of hydrogen-bond donors (Lipinski definition) is 2. The van der Waals surface area contributed by atoms with Crippen LogP contribution in [0.2, 0.25) is 0 Å². The molecule has 0 bridgehead atoms. The van der Waals surface area contributed by atoms with Gasteiger partial charge in [-0.15, -0.1) is 0 Å². The minimum atomic E-state index is -0.290. The van der Waals surface area contributed by atoms with Crippen molar-refractivity contribution in [3.8, 4) is 0 Å². The van der Waals surface area contributed by atoms with Crippen molar-refractivity contribution in [2.45, 2.75) is 52.6 Å². The number of hydrogen-bond acceptors (Lipinski definition) is 3. The average Bonchev–Trinajstić information content (AvgIpc) is 2.37. The second-order valence-corrected chi connectivity index (χ2v) is 5.79. The third kappa shape index (κ3) is 3.95. The fraction of sp³-hybridized carbons (Fsp3) is 0.929. The molecule has 1 aliphatic heterocycles. The largest absolute Gasteiger partial charge is 0.374 e. The van der Waals surface area contributed by atoms with Crippen LogP contribution in [0.3, 0.4) is 0 Å². The fourth-order valence-corrected chi connectivity index (χ4v) is 2.55. The van der Waals surface area contributed by atoms with Crippen molar-refractivity contribution in [3.63, 3.8) is 0 Å². The van der Waals surface area contributed by atoms with Gasteiger partial charge in [0.05, 0.1) is 11.0 Å². The number of amides is 1. The van der Waals surface area contributed by atoms with E-state index >= 15 is 0 Å². The van der Waals surface area contributed by atoms with E-state index in [1.807, 2.05) is 20.8 Å². The predicted octanol–water partition coefficient (Wildman–Crippen LogP) is 1.70. The van der Waals surface area contributed by atoms with Gasteiger partial charge >= 0.3 is 0 Å². The van der Waals surface area contributed by atoms with E-state index < -0.39 is 0 Å². The number of carbonyl (C=O) groups excluding carboxylic acids is 1. The van der Waals surface area contributed by atoms with Crippen LogP contribution >= 0.6 is 0 Å².